The van der Waals surface area contributed by atoms with Gasteiger partial charge < -0.3 is 14.7 Å². The number of carboxylic acid groups (broad SMARTS) is 1. The van der Waals surface area contributed by atoms with Crippen molar-refractivity contribution < 1.29 is 19.4 Å². The van der Waals surface area contributed by atoms with Crippen LogP contribution in [0.15, 0.2) is 36.4 Å². The molecule has 0 aliphatic carbocycles. The van der Waals surface area contributed by atoms with Gasteiger partial charge in [-0.1, -0.05) is 36.4 Å². The van der Waals surface area contributed by atoms with E-state index >= 15 is 0 Å². The van der Waals surface area contributed by atoms with Crippen molar-refractivity contribution >= 4 is 11.9 Å². The number of carbonyl (C=O) groups is 2. The first kappa shape index (κ1) is 16.0. The molecule has 5 rings (SSSR count). The van der Waals surface area contributed by atoms with Crippen LogP contribution >= 0.6 is 0 Å². The summed E-state index contributed by atoms with van der Waals surface area (Å²) in [5.41, 5.74) is 2.05. The molecule has 26 heavy (non-hydrogen) atoms. The molecule has 4 atom stereocenters. The summed E-state index contributed by atoms with van der Waals surface area (Å²) in [6, 6.07) is 8.50. The second-order valence-electron chi connectivity index (χ2n) is 7.79. The number of nitrogens with zero attached hydrogens (tertiary/aromatic N) is 2. The highest BCUT2D eigenvalue weighted by atomic mass is 16.5. The molecule has 6 heteroatoms. The van der Waals surface area contributed by atoms with Crippen LogP contribution in [0.2, 0.25) is 0 Å². The number of ether oxygens (including phenoxy) is 1. The van der Waals surface area contributed by atoms with Crippen molar-refractivity contribution in [2.24, 2.45) is 11.8 Å². The first-order chi connectivity index (χ1) is 12.6. The van der Waals surface area contributed by atoms with Gasteiger partial charge in [0.25, 0.3) is 0 Å². The highest BCUT2D eigenvalue weighted by Crippen LogP contribution is 2.51. The van der Waals surface area contributed by atoms with Crippen LogP contribution in [0.4, 0.5) is 0 Å². The van der Waals surface area contributed by atoms with Crippen molar-refractivity contribution in [3.63, 3.8) is 0 Å². The number of carboxylic acids is 1. The molecule has 6 nitrogen and oxygen atoms in total. The summed E-state index contributed by atoms with van der Waals surface area (Å²) in [7, 11) is 0. The lowest BCUT2D eigenvalue weighted by Crippen LogP contribution is -2.41. The lowest BCUT2D eigenvalue weighted by molar-refractivity contribution is -0.148. The van der Waals surface area contributed by atoms with E-state index in [-0.39, 0.29) is 5.91 Å². The Morgan fingerprint density at radius 1 is 1.27 bits per heavy atom. The van der Waals surface area contributed by atoms with Crippen LogP contribution in [0.3, 0.4) is 0 Å². The number of amides is 1. The third-order valence-corrected chi connectivity index (χ3v) is 6.36. The number of aliphatic carboxylic acids is 1. The van der Waals surface area contributed by atoms with E-state index in [0.29, 0.717) is 13.1 Å². The third-order valence-electron chi connectivity index (χ3n) is 6.36. The van der Waals surface area contributed by atoms with Gasteiger partial charge in [0.1, 0.15) is 11.5 Å². The number of hydrogen-bond donors (Lipinski definition) is 1. The fraction of sp³-hybridized carbons (Fsp3) is 0.500. The highest BCUT2D eigenvalue weighted by Gasteiger charge is 2.66. The molecule has 1 N–H and O–H groups in total. The van der Waals surface area contributed by atoms with Crippen molar-refractivity contribution in [2.45, 2.75) is 24.7 Å². The molecule has 4 aliphatic rings. The van der Waals surface area contributed by atoms with Crippen LogP contribution in [-0.4, -0.2) is 64.7 Å². The zero-order valence-corrected chi connectivity index (χ0v) is 14.5. The van der Waals surface area contributed by atoms with Crippen molar-refractivity contribution in [3.05, 3.63) is 47.5 Å². The van der Waals surface area contributed by atoms with Gasteiger partial charge in [-0.05, 0) is 17.5 Å². The summed E-state index contributed by atoms with van der Waals surface area (Å²) in [6.07, 6.45) is 4.30. The van der Waals surface area contributed by atoms with Gasteiger partial charge in [0.05, 0.1) is 18.6 Å². The smallest absolute Gasteiger partial charge is 0.310 e. The number of carbonyl (C=O) groups excluding carboxylic acids is 1. The minimum Gasteiger partial charge on any atom is -0.481 e. The fourth-order valence-corrected chi connectivity index (χ4v) is 5.06. The zero-order valence-electron chi connectivity index (χ0n) is 14.5. The van der Waals surface area contributed by atoms with Crippen LogP contribution in [0.5, 0.6) is 0 Å². The monoisotopic (exact) mass is 354 g/mol. The first-order valence-electron chi connectivity index (χ1n) is 9.25. The summed E-state index contributed by atoms with van der Waals surface area (Å²) < 4.78 is 5.93. The first-order valence-corrected chi connectivity index (χ1v) is 9.25. The highest BCUT2D eigenvalue weighted by molar-refractivity contribution is 5.90. The van der Waals surface area contributed by atoms with E-state index < -0.39 is 29.5 Å². The standard InChI is InChI=1S/C20H22N2O4/c23-18-17-16(19(24)25)15-5-7-20(17,26-15)12-22(18)10-9-21-8-6-13-3-1-2-4-14(13)11-21/h1-5,7,15-17H,6,8-12H2,(H,24,25). The Hall–Kier alpha value is -2.18. The topological polar surface area (TPSA) is 70.1 Å². The van der Waals surface area contributed by atoms with Gasteiger partial charge >= 0.3 is 5.97 Å². The molecule has 0 aromatic heterocycles. The number of rotatable bonds is 4. The summed E-state index contributed by atoms with van der Waals surface area (Å²) >= 11 is 0. The van der Waals surface area contributed by atoms with Crippen LogP contribution in [-0.2, 0) is 27.3 Å². The van der Waals surface area contributed by atoms with Crippen molar-refractivity contribution in [1.82, 2.24) is 9.80 Å². The fourth-order valence-electron chi connectivity index (χ4n) is 5.06. The van der Waals surface area contributed by atoms with E-state index in [0.717, 1.165) is 26.1 Å². The molecule has 4 aliphatic heterocycles. The Morgan fingerprint density at radius 2 is 2.08 bits per heavy atom. The largest absolute Gasteiger partial charge is 0.481 e. The summed E-state index contributed by atoms with van der Waals surface area (Å²) in [6.45, 7) is 3.78. The Labute approximate surface area is 152 Å². The summed E-state index contributed by atoms with van der Waals surface area (Å²) in [4.78, 5) is 28.7. The van der Waals surface area contributed by atoms with Crippen LogP contribution in [0.1, 0.15) is 11.1 Å². The molecule has 4 heterocycles. The molecule has 1 amide bonds. The van der Waals surface area contributed by atoms with Gasteiger partial charge in [-0.2, -0.15) is 0 Å². The number of fused-ring (bicyclic) bond motifs is 2. The SMILES string of the molecule is O=C(O)C1C2C=CC3(CN(CCN4CCc5ccccc5C4)C(=O)C13)O2. The molecule has 2 fully saturated rings. The van der Waals surface area contributed by atoms with Gasteiger partial charge in [0.15, 0.2) is 0 Å². The van der Waals surface area contributed by atoms with E-state index in [4.69, 9.17) is 4.74 Å². The molecule has 0 radical (unpaired) electrons. The lowest BCUT2D eigenvalue weighted by atomic mass is 9.77. The summed E-state index contributed by atoms with van der Waals surface area (Å²) in [5.74, 6) is -2.33. The van der Waals surface area contributed by atoms with Crippen LogP contribution in [0, 0.1) is 11.8 Å². The lowest BCUT2D eigenvalue weighted by Gasteiger charge is -2.30. The maximum atomic E-state index is 12.9. The molecule has 1 aromatic carbocycles. The minimum absolute atomic E-state index is 0.0679. The predicted molar refractivity (Wildman–Crippen MR) is 93.4 cm³/mol. The van der Waals surface area contributed by atoms with Crippen molar-refractivity contribution in [3.8, 4) is 0 Å². The number of likely N-dealkylation sites (tertiary alicyclic amines) is 1. The Kier molecular flexibility index (Phi) is 3.49. The van der Waals surface area contributed by atoms with E-state index in [1.54, 1.807) is 4.90 Å². The van der Waals surface area contributed by atoms with Gasteiger partial charge in [0.2, 0.25) is 5.91 Å². The van der Waals surface area contributed by atoms with Gasteiger partial charge in [0, 0.05) is 26.2 Å². The normalized spacial score (nSPS) is 35.0. The van der Waals surface area contributed by atoms with Crippen molar-refractivity contribution in [2.75, 3.05) is 26.2 Å². The second-order valence-corrected chi connectivity index (χ2v) is 7.79. The zero-order chi connectivity index (χ0) is 17.9. The molecule has 2 bridgehead atoms. The van der Waals surface area contributed by atoms with E-state index in [1.165, 1.54) is 11.1 Å². The molecular weight excluding hydrogens is 332 g/mol. The van der Waals surface area contributed by atoms with E-state index in [9.17, 15) is 14.7 Å². The van der Waals surface area contributed by atoms with Crippen LogP contribution in [0.25, 0.3) is 0 Å². The number of benzene rings is 1. The third kappa shape index (κ3) is 2.25. The van der Waals surface area contributed by atoms with E-state index in [1.807, 2.05) is 12.2 Å². The average molecular weight is 354 g/mol. The predicted octanol–water partition coefficient (Wildman–Crippen LogP) is 0.911. The van der Waals surface area contributed by atoms with Crippen molar-refractivity contribution in [1.29, 1.82) is 0 Å². The maximum Gasteiger partial charge on any atom is 0.310 e. The Bertz CT molecular complexity index is 807. The second kappa shape index (κ2) is 5.66. The minimum atomic E-state index is -0.936. The molecular formula is C20H22N2O4. The Balaban J connectivity index is 1.26. The maximum absolute atomic E-state index is 12.9. The quantitative estimate of drug-likeness (QED) is 0.814. The van der Waals surface area contributed by atoms with Gasteiger partial charge in [-0.3, -0.25) is 14.5 Å². The van der Waals surface area contributed by atoms with Gasteiger partial charge in [-0.25, -0.2) is 0 Å². The van der Waals surface area contributed by atoms with Crippen LogP contribution < -0.4 is 0 Å². The molecule has 4 unspecified atom stereocenters. The molecule has 1 spiro atoms. The summed E-state index contributed by atoms with van der Waals surface area (Å²) in [5, 5.41) is 9.52. The molecule has 136 valence electrons. The van der Waals surface area contributed by atoms with Gasteiger partial charge in [-0.15, -0.1) is 0 Å². The molecule has 1 aromatic rings. The Morgan fingerprint density at radius 3 is 2.88 bits per heavy atom. The average Bonchev–Trinajstić information content (AvgIpc) is 3.28. The molecule has 2 saturated heterocycles. The number of hydrogen-bond acceptors (Lipinski definition) is 4. The van der Waals surface area contributed by atoms with E-state index in [2.05, 4.69) is 29.2 Å². The molecule has 0 saturated carbocycles.